The molecule has 1 nitrogen and oxygen atoms in total. The highest BCUT2D eigenvalue weighted by Gasteiger charge is 2.18. The zero-order chi connectivity index (χ0) is 6.78. The Morgan fingerprint density at radius 1 is 1.50 bits per heavy atom. The Hall–Kier alpha value is 0.177. The molecule has 1 atom stereocenters. The topological polar surface area (TPSA) is 19.9 Å². The lowest BCUT2D eigenvalue weighted by atomic mass is 9.92. The monoisotopic (exact) mass is 131 g/mol. The first-order valence-electron chi connectivity index (χ1n) is 3.06. The highest BCUT2D eigenvalue weighted by Crippen LogP contribution is 2.27. The maximum atomic E-state index is 10.3. The van der Waals surface area contributed by atoms with Crippen LogP contribution >= 0.6 is 0 Å². The Bertz CT molecular complexity index is 65.4. The molecule has 0 N–H and O–H groups in total. The van der Waals surface area contributed by atoms with Crippen molar-refractivity contribution >= 4 is 10.2 Å². The van der Waals surface area contributed by atoms with E-state index in [0.29, 0.717) is 5.54 Å². The van der Waals surface area contributed by atoms with Crippen molar-refractivity contribution in [2.24, 2.45) is 5.41 Å². The molecule has 1 unspecified atom stereocenters. The van der Waals surface area contributed by atoms with Crippen LogP contribution in [-0.4, -0.2) is 16.8 Å². The van der Waals surface area contributed by atoms with Gasteiger partial charge in [0.25, 0.3) is 0 Å². The molecule has 2 heteroatoms. The van der Waals surface area contributed by atoms with E-state index >= 15 is 0 Å². The van der Waals surface area contributed by atoms with Crippen molar-refractivity contribution < 1.29 is 5.11 Å². The molecule has 0 bridgehead atoms. The summed E-state index contributed by atoms with van der Waals surface area (Å²) < 4.78 is 0. The number of hydrogen-bond acceptors (Lipinski definition) is 0. The van der Waals surface area contributed by atoms with Crippen molar-refractivity contribution in [2.75, 3.05) is 6.61 Å². The number of rotatable bonds is 1. The summed E-state index contributed by atoms with van der Waals surface area (Å²) in [5.41, 5.74) is 0.691. The molecule has 0 saturated heterocycles. The molecular weight excluding hydrogens is 116 g/mol. The van der Waals surface area contributed by atoms with Gasteiger partial charge in [0, 0.05) is 10.2 Å². The Balaban J connectivity index is 3.62. The van der Waals surface area contributed by atoms with Crippen LogP contribution < -0.4 is 0 Å². The van der Waals surface area contributed by atoms with Gasteiger partial charge in [0.1, 0.15) is 0 Å². The molecule has 0 aliphatic carbocycles. The minimum absolute atomic E-state index is 0.107. The number of hydrogen-bond donors (Lipinski definition) is 0. The van der Waals surface area contributed by atoms with Gasteiger partial charge in [0.05, 0.1) is 6.61 Å². The first-order valence-corrected chi connectivity index (χ1v) is 4.22. The smallest absolute Gasteiger partial charge is 0.0823 e. The summed E-state index contributed by atoms with van der Waals surface area (Å²) in [6, 6.07) is 0. The lowest BCUT2D eigenvalue weighted by Gasteiger charge is -2.23. The van der Waals surface area contributed by atoms with Gasteiger partial charge in [-0.2, -0.15) is 0 Å². The van der Waals surface area contributed by atoms with Crippen LogP contribution in [0.5, 0.6) is 0 Å². The van der Waals surface area contributed by atoms with Crippen LogP contribution in [0.15, 0.2) is 0 Å². The average molecular weight is 131 g/mol. The standard InChI is InChI=1S/C6H15OSi/c1-6(2,3)5(8)4-7/h5H,4H2,1-3,8H3. The van der Waals surface area contributed by atoms with Crippen molar-refractivity contribution in [1.29, 1.82) is 0 Å². The molecule has 0 fully saturated rings. The van der Waals surface area contributed by atoms with Crippen molar-refractivity contribution in [2.45, 2.75) is 26.3 Å². The average Bonchev–Trinajstić information content (AvgIpc) is 1.62. The molecule has 49 valence electrons. The van der Waals surface area contributed by atoms with Crippen LogP contribution in [0.3, 0.4) is 0 Å². The van der Waals surface area contributed by atoms with Crippen LogP contribution in [0.2, 0.25) is 5.54 Å². The van der Waals surface area contributed by atoms with Gasteiger partial charge in [-0.1, -0.05) is 20.8 Å². The quantitative estimate of drug-likeness (QED) is 0.465. The van der Waals surface area contributed by atoms with E-state index in [1.807, 2.05) is 0 Å². The first kappa shape index (κ1) is 8.18. The van der Waals surface area contributed by atoms with E-state index in [-0.39, 0.29) is 12.0 Å². The summed E-state index contributed by atoms with van der Waals surface area (Å²) >= 11 is 0. The third-order valence-electron chi connectivity index (χ3n) is 1.73. The molecular formula is C6H15OSi. The van der Waals surface area contributed by atoms with Crippen LogP contribution in [0.1, 0.15) is 20.8 Å². The summed E-state index contributed by atoms with van der Waals surface area (Å²) in [5.74, 6) is 0. The Morgan fingerprint density at radius 3 is 1.88 bits per heavy atom. The third kappa shape index (κ3) is 2.48. The van der Waals surface area contributed by atoms with Crippen molar-refractivity contribution in [3.63, 3.8) is 0 Å². The predicted octanol–water partition coefficient (Wildman–Crippen LogP) is 0.617. The van der Waals surface area contributed by atoms with E-state index in [1.54, 1.807) is 0 Å². The van der Waals surface area contributed by atoms with Gasteiger partial charge in [0.15, 0.2) is 0 Å². The van der Waals surface area contributed by atoms with Crippen molar-refractivity contribution in [3.8, 4) is 0 Å². The fraction of sp³-hybridized carbons (Fsp3) is 1.00. The minimum Gasteiger partial charge on any atom is -0.237 e. The maximum Gasteiger partial charge on any atom is 0.0823 e. The normalized spacial score (nSPS) is 16.5. The van der Waals surface area contributed by atoms with Gasteiger partial charge < -0.3 is 0 Å². The molecule has 0 spiro atoms. The first-order chi connectivity index (χ1) is 3.48. The second kappa shape index (κ2) is 2.64. The molecule has 0 aromatic rings. The molecule has 1 radical (unpaired) electrons. The van der Waals surface area contributed by atoms with Gasteiger partial charge in [-0.05, 0) is 11.0 Å². The summed E-state index contributed by atoms with van der Waals surface area (Å²) in [6.07, 6.45) is 0. The van der Waals surface area contributed by atoms with Crippen molar-refractivity contribution in [1.82, 2.24) is 0 Å². The van der Waals surface area contributed by atoms with E-state index in [9.17, 15) is 5.11 Å². The molecule has 0 rings (SSSR count). The second-order valence-corrected chi connectivity index (χ2v) is 4.83. The van der Waals surface area contributed by atoms with Crippen LogP contribution in [0, 0.1) is 5.41 Å². The summed E-state index contributed by atoms with van der Waals surface area (Å²) in [5, 5.41) is 10.3. The zero-order valence-electron chi connectivity index (χ0n) is 6.19. The van der Waals surface area contributed by atoms with E-state index < -0.39 is 0 Å². The Labute approximate surface area is 54.5 Å². The Kier molecular flexibility index (Phi) is 2.70. The van der Waals surface area contributed by atoms with Crippen LogP contribution in [-0.2, 0) is 5.11 Å². The molecule has 0 aliphatic rings. The van der Waals surface area contributed by atoms with Crippen LogP contribution in [0.25, 0.3) is 0 Å². The third-order valence-corrected chi connectivity index (χ3v) is 3.79. The highest BCUT2D eigenvalue weighted by atomic mass is 28.1. The molecule has 0 saturated carbocycles. The van der Waals surface area contributed by atoms with Crippen LogP contribution in [0.4, 0.5) is 0 Å². The fourth-order valence-electron chi connectivity index (χ4n) is 0.250. The van der Waals surface area contributed by atoms with E-state index in [0.717, 1.165) is 10.2 Å². The van der Waals surface area contributed by atoms with Gasteiger partial charge in [-0.15, -0.1) is 0 Å². The Morgan fingerprint density at radius 2 is 1.88 bits per heavy atom. The summed E-state index contributed by atoms with van der Waals surface area (Å²) in [6.45, 7) is 6.49. The predicted molar refractivity (Wildman–Crippen MR) is 38.7 cm³/mol. The lowest BCUT2D eigenvalue weighted by molar-refractivity contribution is 0.153. The molecule has 0 aromatic heterocycles. The molecule has 0 heterocycles. The second-order valence-electron chi connectivity index (χ2n) is 3.43. The minimum atomic E-state index is 0.107. The largest absolute Gasteiger partial charge is 0.237 e. The van der Waals surface area contributed by atoms with Gasteiger partial charge in [-0.3, -0.25) is 0 Å². The van der Waals surface area contributed by atoms with E-state index in [1.165, 1.54) is 0 Å². The highest BCUT2D eigenvalue weighted by molar-refractivity contribution is 6.12. The summed E-state index contributed by atoms with van der Waals surface area (Å²) in [4.78, 5) is 0. The van der Waals surface area contributed by atoms with Gasteiger partial charge in [-0.25, -0.2) is 5.11 Å². The van der Waals surface area contributed by atoms with Crippen molar-refractivity contribution in [3.05, 3.63) is 0 Å². The SMILES string of the molecule is CC(C)(C)C([SiH3])C[O]. The molecule has 8 heavy (non-hydrogen) atoms. The summed E-state index contributed by atoms with van der Waals surface area (Å²) in [7, 11) is 1.04. The molecule has 0 amide bonds. The zero-order valence-corrected chi connectivity index (χ0v) is 8.19. The van der Waals surface area contributed by atoms with E-state index in [2.05, 4.69) is 20.8 Å². The molecule has 0 aromatic carbocycles. The molecule has 0 aliphatic heterocycles. The lowest BCUT2D eigenvalue weighted by Crippen LogP contribution is -2.17. The fourth-order valence-corrected chi connectivity index (χ4v) is 0.250. The van der Waals surface area contributed by atoms with Gasteiger partial charge in [0.2, 0.25) is 0 Å². The van der Waals surface area contributed by atoms with E-state index in [4.69, 9.17) is 0 Å². The maximum absolute atomic E-state index is 10.3. The van der Waals surface area contributed by atoms with Gasteiger partial charge >= 0.3 is 0 Å².